The summed E-state index contributed by atoms with van der Waals surface area (Å²) in [7, 11) is 5.11. The Bertz CT molecular complexity index is 1240. The monoisotopic (exact) mass is 414 g/mol. The van der Waals surface area contributed by atoms with E-state index in [4.69, 9.17) is 14.2 Å². The summed E-state index contributed by atoms with van der Waals surface area (Å²) in [5.74, 6) is 1.98. The molecule has 0 saturated carbocycles. The lowest BCUT2D eigenvalue weighted by molar-refractivity contribution is 0.0693. The summed E-state index contributed by atoms with van der Waals surface area (Å²) >= 11 is 0. The fraction of sp³-hybridized carbons (Fsp3) is 0.120. The van der Waals surface area contributed by atoms with Crippen molar-refractivity contribution in [3.05, 3.63) is 89.7 Å². The van der Waals surface area contributed by atoms with E-state index in [0.29, 0.717) is 28.6 Å². The number of aryl methyl sites for hydroxylation is 1. The summed E-state index contributed by atoms with van der Waals surface area (Å²) in [5.41, 5.74) is 3.01. The fourth-order valence-corrected chi connectivity index (χ4v) is 3.22. The third-order valence-electron chi connectivity index (χ3n) is 4.98. The molecule has 4 rings (SSSR count). The third-order valence-corrected chi connectivity index (χ3v) is 4.98. The van der Waals surface area contributed by atoms with Crippen LogP contribution in [0.1, 0.15) is 21.7 Å². The summed E-state index contributed by atoms with van der Waals surface area (Å²) in [6.45, 7) is 0. The van der Waals surface area contributed by atoms with Gasteiger partial charge in [0.1, 0.15) is 23.1 Å². The number of esters is 1. The van der Waals surface area contributed by atoms with Crippen molar-refractivity contribution in [1.29, 1.82) is 0 Å². The van der Waals surface area contributed by atoms with Crippen LogP contribution >= 0.6 is 0 Å². The molecular formula is C25H22N2O4. The third kappa shape index (κ3) is 4.28. The number of aromatic nitrogens is 2. The maximum Gasteiger partial charge on any atom is 0.343 e. The minimum absolute atomic E-state index is 0.391. The van der Waals surface area contributed by atoms with Gasteiger partial charge >= 0.3 is 5.97 Å². The van der Waals surface area contributed by atoms with Crippen molar-refractivity contribution in [3.8, 4) is 11.5 Å². The van der Waals surface area contributed by atoms with Crippen LogP contribution in [0.25, 0.3) is 22.9 Å². The van der Waals surface area contributed by atoms with Gasteiger partial charge in [-0.05, 0) is 60.7 Å². The number of nitrogens with zero attached hydrogens (tertiary/aromatic N) is 2. The average Bonchev–Trinajstić information content (AvgIpc) is 3.14. The molecule has 1 aromatic heterocycles. The van der Waals surface area contributed by atoms with Crippen LogP contribution in [-0.4, -0.2) is 29.7 Å². The van der Waals surface area contributed by atoms with Gasteiger partial charge in [0, 0.05) is 18.7 Å². The number of ether oxygens (including phenoxy) is 3. The van der Waals surface area contributed by atoms with Crippen molar-refractivity contribution in [2.24, 2.45) is 7.05 Å². The molecule has 3 aromatic carbocycles. The lowest BCUT2D eigenvalue weighted by atomic mass is 10.1. The van der Waals surface area contributed by atoms with Crippen LogP contribution in [0.3, 0.4) is 0 Å². The largest absolute Gasteiger partial charge is 0.497 e. The maximum atomic E-state index is 12.8. The van der Waals surface area contributed by atoms with Gasteiger partial charge in [0.25, 0.3) is 0 Å². The molecule has 0 radical (unpaired) electrons. The molecule has 31 heavy (non-hydrogen) atoms. The number of hydrogen-bond acceptors (Lipinski definition) is 5. The Kier molecular flexibility index (Phi) is 5.71. The number of carbonyl (C=O) groups is 1. The van der Waals surface area contributed by atoms with Gasteiger partial charge in [-0.2, -0.15) is 0 Å². The number of rotatable bonds is 6. The highest BCUT2D eigenvalue weighted by atomic mass is 16.5. The van der Waals surface area contributed by atoms with Gasteiger partial charge in [0.15, 0.2) is 0 Å². The number of methoxy groups -OCH3 is 2. The lowest BCUT2D eigenvalue weighted by Crippen LogP contribution is -2.05. The first-order valence-corrected chi connectivity index (χ1v) is 9.73. The normalized spacial score (nSPS) is 11.4. The Morgan fingerprint density at radius 1 is 0.839 bits per heavy atom. The highest BCUT2D eigenvalue weighted by Gasteiger charge is 2.15. The van der Waals surface area contributed by atoms with Crippen molar-refractivity contribution >= 4 is 28.8 Å². The number of para-hydroxylation sites is 2. The Hall–Kier alpha value is -4.06. The summed E-state index contributed by atoms with van der Waals surface area (Å²) in [4.78, 5) is 17.5. The van der Waals surface area contributed by atoms with Crippen LogP contribution in [0.2, 0.25) is 0 Å². The zero-order valence-electron chi connectivity index (χ0n) is 17.5. The van der Waals surface area contributed by atoms with Crippen molar-refractivity contribution in [3.63, 3.8) is 0 Å². The summed E-state index contributed by atoms with van der Waals surface area (Å²) in [6.07, 6.45) is 1.77. The molecule has 1 heterocycles. The van der Waals surface area contributed by atoms with Crippen LogP contribution in [0.5, 0.6) is 11.5 Å². The quantitative estimate of drug-likeness (QED) is 0.330. The first-order valence-electron chi connectivity index (χ1n) is 9.73. The van der Waals surface area contributed by atoms with Crippen molar-refractivity contribution in [1.82, 2.24) is 9.55 Å². The minimum atomic E-state index is -0.469. The molecule has 0 aliphatic heterocycles. The Morgan fingerprint density at radius 2 is 1.42 bits per heavy atom. The molecule has 0 bridgehead atoms. The topological polar surface area (TPSA) is 62.6 Å². The van der Waals surface area contributed by atoms with Crippen molar-refractivity contribution < 1.29 is 19.0 Å². The molecule has 6 heteroatoms. The van der Waals surface area contributed by atoms with Crippen molar-refractivity contribution in [2.75, 3.05) is 14.2 Å². The van der Waals surface area contributed by atoms with Gasteiger partial charge in [-0.15, -0.1) is 0 Å². The summed E-state index contributed by atoms with van der Waals surface area (Å²) in [6, 6.07) is 21.9. The molecule has 0 N–H and O–H groups in total. The van der Waals surface area contributed by atoms with E-state index >= 15 is 0 Å². The summed E-state index contributed by atoms with van der Waals surface area (Å²) in [5, 5.41) is 0. The van der Waals surface area contributed by atoms with Crippen LogP contribution in [0.4, 0.5) is 0 Å². The second-order valence-electron chi connectivity index (χ2n) is 6.87. The molecule has 0 aliphatic carbocycles. The first-order chi connectivity index (χ1) is 15.1. The Labute approximate surface area is 180 Å². The molecule has 0 fully saturated rings. The van der Waals surface area contributed by atoms with Gasteiger partial charge in [-0.3, -0.25) is 0 Å². The number of benzene rings is 3. The van der Waals surface area contributed by atoms with E-state index in [-0.39, 0.29) is 0 Å². The molecule has 0 spiro atoms. The predicted octanol–water partition coefficient (Wildman–Crippen LogP) is 4.95. The minimum Gasteiger partial charge on any atom is -0.497 e. The molecule has 6 nitrogen and oxygen atoms in total. The fourth-order valence-electron chi connectivity index (χ4n) is 3.22. The smallest absolute Gasteiger partial charge is 0.343 e. The molecule has 0 unspecified atom stereocenters. The zero-order chi connectivity index (χ0) is 21.8. The second-order valence-corrected chi connectivity index (χ2v) is 6.87. The second kappa shape index (κ2) is 8.75. The zero-order valence-corrected chi connectivity index (χ0v) is 17.5. The van der Waals surface area contributed by atoms with E-state index in [1.807, 2.05) is 60.1 Å². The van der Waals surface area contributed by atoms with Crippen molar-refractivity contribution in [2.45, 2.75) is 0 Å². The number of hydrogen-bond donors (Lipinski definition) is 0. The van der Waals surface area contributed by atoms with Gasteiger partial charge in [0.05, 0.1) is 30.8 Å². The van der Waals surface area contributed by atoms with E-state index in [9.17, 15) is 4.79 Å². The van der Waals surface area contributed by atoms with E-state index in [1.54, 1.807) is 44.6 Å². The number of imidazole rings is 1. The SMILES string of the molecule is COc1ccc(C(=O)O/C(=C\c2nc3ccccc3n2C)c2ccc(OC)cc2)cc1. The highest BCUT2D eigenvalue weighted by Crippen LogP contribution is 2.25. The molecule has 0 aliphatic rings. The van der Waals surface area contributed by atoms with E-state index in [1.165, 1.54) is 0 Å². The van der Waals surface area contributed by atoms with Crippen LogP contribution in [0.15, 0.2) is 72.8 Å². The van der Waals surface area contributed by atoms with Gasteiger partial charge < -0.3 is 18.8 Å². The van der Waals surface area contributed by atoms with Gasteiger partial charge in [-0.25, -0.2) is 9.78 Å². The molecule has 0 atom stereocenters. The lowest BCUT2D eigenvalue weighted by Gasteiger charge is -2.11. The Morgan fingerprint density at radius 3 is 2.00 bits per heavy atom. The van der Waals surface area contributed by atoms with E-state index in [0.717, 1.165) is 16.6 Å². The van der Waals surface area contributed by atoms with Gasteiger partial charge in [-0.1, -0.05) is 12.1 Å². The van der Waals surface area contributed by atoms with Crippen LogP contribution < -0.4 is 9.47 Å². The molecular weight excluding hydrogens is 392 g/mol. The molecule has 0 amide bonds. The summed E-state index contributed by atoms with van der Waals surface area (Å²) < 4.78 is 18.2. The number of fused-ring (bicyclic) bond motifs is 1. The molecule has 0 saturated heterocycles. The van der Waals surface area contributed by atoms with Crippen LogP contribution in [0, 0.1) is 0 Å². The van der Waals surface area contributed by atoms with E-state index in [2.05, 4.69) is 4.98 Å². The highest BCUT2D eigenvalue weighted by molar-refractivity contribution is 5.95. The standard InChI is InChI=1S/C25H22N2O4/c1-27-22-7-5-4-6-21(22)26-24(27)16-23(17-8-12-19(29-2)13-9-17)31-25(28)18-10-14-20(30-3)15-11-18/h4-16H,1-3H3/b23-16-. The van der Waals surface area contributed by atoms with Crippen LogP contribution in [-0.2, 0) is 11.8 Å². The predicted molar refractivity (Wildman–Crippen MR) is 120 cm³/mol. The van der Waals surface area contributed by atoms with E-state index < -0.39 is 5.97 Å². The maximum absolute atomic E-state index is 12.8. The molecule has 156 valence electrons. The first kappa shape index (κ1) is 20.2. The van der Waals surface area contributed by atoms with Gasteiger partial charge in [0.2, 0.25) is 0 Å². The number of carbonyl (C=O) groups excluding carboxylic acids is 1. The molecule has 4 aromatic rings. The Balaban J connectivity index is 1.73. The average molecular weight is 414 g/mol.